The van der Waals surface area contributed by atoms with E-state index in [4.69, 9.17) is 0 Å². The fourth-order valence-electron chi connectivity index (χ4n) is 2.28. The van der Waals surface area contributed by atoms with Crippen LogP contribution in [0.5, 0.6) is 0 Å². The monoisotopic (exact) mass is 227 g/mol. The molecule has 0 aliphatic carbocycles. The van der Waals surface area contributed by atoms with Gasteiger partial charge in [-0.3, -0.25) is 0 Å². The zero-order valence-electron chi connectivity index (χ0n) is 10.1. The van der Waals surface area contributed by atoms with Crippen LogP contribution in [-0.2, 0) is 6.42 Å². The number of aryl methyl sites for hydroxylation is 1. The first-order valence-electron chi connectivity index (χ1n) is 6.34. The number of benzene rings is 1. The molecule has 1 N–H and O–H groups in total. The Bertz CT molecular complexity index is 633. The van der Waals surface area contributed by atoms with E-state index in [0.717, 1.165) is 23.1 Å². The molecule has 0 unspecified atom stereocenters. The number of hydrogen-bond acceptors (Lipinski definition) is 1. The Morgan fingerprint density at radius 1 is 1.24 bits per heavy atom. The van der Waals surface area contributed by atoms with E-state index in [-0.39, 0.29) is 0 Å². The summed E-state index contributed by atoms with van der Waals surface area (Å²) in [4.78, 5) is 3.39. The van der Waals surface area contributed by atoms with Crippen molar-refractivity contribution in [1.29, 1.82) is 0 Å². The van der Waals surface area contributed by atoms with Gasteiger partial charge in [0.2, 0.25) is 0 Å². The van der Waals surface area contributed by atoms with Gasteiger partial charge < -0.3 is 4.98 Å². The van der Waals surface area contributed by atoms with Crippen molar-refractivity contribution in [2.24, 2.45) is 0 Å². The van der Waals surface area contributed by atoms with Gasteiger partial charge in [0.15, 0.2) is 0 Å². The summed E-state index contributed by atoms with van der Waals surface area (Å²) in [5.41, 5.74) is 4.59. The SMILES string of the molecule is CCCCCc1cc2[nH]c3ccccc3n2n1. The number of hydrogen-bond donors (Lipinski definition) is 1. The van der Waals surface area contributed by atoms with Gasteiger partial charge in [0, 0.05) is 6.07 Å². The van der Waals surface area contributed by atoms with Gasteiger partial charge in [-0.25, -0.2) is 4.52 Å². The van der Waals surface area contributed by atoms with Gasteiger partial charge in [-0.15, -0.1) is 0 Å². The van der Waals surface area contributed by atoms with Crippen molar-refractivity contribution in [2.45, 2.75) is 32.6 Å². The highest BCUT2D eigenvalue weighted by molar-refractivity contribution is 5.79. The summed E-state index contributed by atoms with van der Waals surface area (Å²) < 4.78 is 2.01. The Labute approximate surface area is 100 Å². The number of rotatable bonds is 4. The van der Waals surface area contributed by atoms with E-state index in [9.17, 15) is 0 Å². The Balaban J connectivity index is 1.96. The topological polar surface area (TPSA) is 33.1 Å². The maximum absolute atomic E-state index is 4.66. The summed E-state index contributed by atoms with van der Waals surface area (Å²) in [6.07, 6.45) is 4.85. The molecular weight excluding hydrogens is 210 g/mol. The maximum Gasteiger partial charge on any atom is 0.134 e. The Morgan fingerprint density at radius 3 is 3.00 bits per heavy atom. The molecule has 3 nitrogen and oxygen atoms in total. The largest absolute Gasteiger partial charge is 0.338 e. The number of unbranched alkanes of at least 4 members (excludes halogenated alkanes) is 2. The molecule has 0 amide bonds. The minimum atomic E-state index is 1.08. The molecule has 1 aromatic carbocycles. The summed E-state index contributed by atoms with van der Waals surface area (Å²) in [5.74, 6) is 0. The molecule has 17 heavy (non-hydrogen) atoms. The van der Waals surface area contributed by atoms with Crippen molar-refractivity contribution >= 4 is 16.7 Å². The minimum absolute atomic E-state index is 1.08. The molecule has 0 saturated carbocycles. The molecule has 3 heteroatoms. The third-order valence-electron chi connectivity index (χ3n) is 3.19. The van der Waals surface area contributed by atoms with Crippen molar-refractivity contribution in [1.82, 2.24) is 14.6 Å². The molecule has 0 aliphatic heterocycles. The molecule has 0 bridgehead atoms. The van der Waals surface area contributed by atoms with E-state index in [1.807, 2.05) is 16.6 Å². The van der Waals surface area contributed by atoms with Crippen LogP contribution in [0.2, 0.25) is 0 Å². The molecule has 0 radical (unpaired) electrons. The molecular formula is C14H17N3. The smallest absolute Gasteiger partial charge is 0.134 e. The van der Waals surface area contributed by atoms with Gasteiger partial charge in [0.1, 0.15) is 5.65 Å². The summed E-state index contributed by atoms with van der Waals surface area (Å²) >= 11 is 0. The summed E-state index contributed by atoms with van der Waals surface area (Å²) in [6, 6.07) is 10.4. The first-order chi connectivity index (χ1) is 8.38. The third-order valence-corrected chi connectivity index (χ3v) is 3.19. The van der Waals surface area contributed by atoms with Crippen LogP contribution in [0.1, 0.15) is 31.9 Å². The Hall–Kier alpha value is -1.77. The number of imidazole rings is 1. The second-order valence-electron chi connectivity index (χ2n) is 4.53. The van der Waals surface area contributed by atoms with Crippen molar-refractivity contribution in [3.05, 3.63) is 36.0 Å². The van der Waals surface area contributed by atoms with E-state index >= 15 is 0 Å². The molecule has 2 aromatic heterocycles. The maximum atomic E-state index is 4.66. The Kier molecular flexibility index (Phi) is 2.59. The van der Waals surface area contributed by atoms with Crippen LogP contribution in [0.25, 0.3) is 16.7 Å². The summed E-state index contributed by atoms with van der Waals surface area (Å²) in [7, 11) is 0. The normalized spacial score (nSPS) is 11.6. The van der Waals surface area contributed by atoms with Crippen LogP contribution >= 0.6 is 0 Å². The molecule has 2 heterocycles. The average molecular weight is 227 g/mol. The summed E-state index contributed by atoms with van der Waals surface area (Å²) in [6.45, 7) is 2.23. The van der Waals surface area contributed by atoms with Crippen LogP contribution in [0.3, 0.4) is 0 Å². The van der Waals surface area contributed by atoms with Gasteiger partial charge >= 0.3 is 0 Å². The number of fused-ring (bicyclic) bond motifs is 3. The van der Waals surface area contributed by atoms with Crippen molar-refractivity contribution < 1.29 is 0 Å². The predicted molar refractivity (Wildman–Crippen MR) is 70.3 cm³/mol. The van der Waals surface area contributed by atoms with E-state index in [2.05, 4.69) is 35.2 Å². The lowest BCUT2D eigenvalue weighted by Crippen LogP contribution is -1.89. The van der Waals surface area contributed by atoms with Crippen molar-refractivity contribution in [2.75, 3.05) is 0 Å². The fraction of sp³-hybridized carbons (Fsp3) is 0.357. The molecule has 0 atom stereocenters. The lowest BCUT2D eigenvalue weighted by Gasteiger charge is -1.94. The Morgan fingerprint density at radius 2 is 2.12 bits per heavy atom. The molecule has 0 aliphatic rings. The van der Waals surface area contributed by atoms with E-state index < -0.39 is 0 Å². The van der Waals surface area contributed by atoms with E-state index in [1.165, 1.54) is 25.0 Å². The zero-order chi connectivity index (χ0) is 11.7. The number of nitrogens with one attached hydrogen (secondary N) is 1. The number of para-hydroxylation sites is 2. The highest BCUT2D eigenvalue weighted by Gasteiger charge is 2.06. The standard InChI is InChI=1S/C14H17N3/c1-2-3-4-7-11-10-14-15-12-8-5-6-9-13(12)17(14)16-11/h5-6,8-10,15H,2-4,7H2,1H3. The predicted octanol–water partition coefficient (Wildman–Crippen LogP) is 3.55. The van der Waals surface area contributed by atoms with Gasteiger partial charge in [-0.05, 0) is 25.0 Å². The fourth-order valence-corrected chi connectivity index (χ4v) is 2.28. The second-order valence-corrected chi connectivity index (χ2v) is 4.53. The van der Waals surface area contributed by atoms with Crippen molar-refractivity contribution in [3.63, 3.8) is 0 Å². The van der Waals surface area contributed by atoms with Crippen LogP contribution in [0.4, 0.5) is 0 Å². The molecule has 0 fully saturated rings. The molecule has 3 aromatic rings. The van der Waals surface area contributed by atoms with Crippen LogP contribution in [-0.4, -0.2) is 14.6 Å². The number of nitrogens with zero attached hydrogens (tertiary/aromatic N) is 2. The van der Waals surface area contributed by atoms with E-state index in [0.29, 0.717) is 0 Å². The van der Waals surface area contributed by atoms with Crippen LogP contribution in [0.15, 0.2) is 30.3 Å². The van der Waals surface area contributed by atoms with E-state index in [1.54, 1.807) is 0 Å². The molecule has 88 valence electrons. The van der Waals surface area contributed by atoms with Gasteiger partial charge in [0.25, 0.3) is 0 Å². The number of aromatic amines is 1. The zero-order valence-corrected chi connectivity index (χ0v) is 10.1. The van der Waals surface area contributed by atoms with Crippen LogP contribution < -0.4 is 0 Å². The van der Waals surface area contributed by atoms with Crippen LogP contribution in [0, 0.1) is 0 Å². The lowest BCUT2D eigenvalue weighted by molar-refractivity contribution is 0.703. The minimum Gasteiger partial charge on any atom is -0.338 e. The first-order valence-corrected chi connectivity index (χ1v) is 6.34. The number of H-pyrrole nitrogens is 1. The molecule has 3 rings (SSSR count). The average Bonchev–Trinajstić information content (AvgIpc) is 2.86. The third kappa shape index (κ3) is 1.82. The van der Waals surface area contributed by atoms with Gasteiger partial charge in [0.05, 0.1) is 16.7 Å². The number of aromatic nitrogens is 3. The van der Waals surface area contributed by atoms with Crippen molar-refractivity contribution in [3.8, 4) is 0 Å². The second kappa shape index (κ2) is 4.24. The highest BCUT2D eigenvalue weighted by Crippen LogP contribution is 2.17. The quantitative estimate of drug-likeness (QED) is 0.679. The molecule has 0 spiro atoms. The van der Waals surface area contributed by atoms with Gasteiger partial charge in [-0.2, -0.15) is 5.10 Å². The first kappa shape index (κ1) is 10.4. The highest BCUT2D eigenvalue weighted by atomic mass is 15.3. The lowest BCUT2D eigenvalue weighted by atomic mass is 10.2. The summed E-state index contributed by atoms with van der Waals surface area (Å²) in [5, 5.41) is 4.66. The molecule has 0 saturated heterocycles. The van der Waals surface area contributed by atoms with Gasteiger partial charge in [-0.1, -0.05) is 31.9 Å².